The fraction of sp³-hybridized carbons (Fsp3) is 0.381. The summed E-state index contributed by atoms with van der Waals surface area (Å²) in [5.41, 5.74) is 2.93. The van der Waals surface area contributed by atoms with Gasteiger partial charge in [-0.05, 0) is 49.1 Å². The van der Waals surface area contributed by atoms with E-state index in [1.54, 1.807) is 32.4 Å². The lowest BCUT2D eigenvalue weighted by molar-refractivity contribution is 0.0948. The molecule has 138 valence electrons. The molecule has 0 atom stereocenters. The first-order chi connectivity index (χ1) is 12.7. The van der Waals surface area contributed by atoms with E-state index in [1.807, 2.05) is 0 Å². The molecule has 2 aromatic rings. The Morgan fingerprint density at radius 1 is 1.00 bits per heavy atom. The largest absolute Gasteiger partial charge is 0.496 e. The quantitative estimate of drug-likeness (QED) is 0.829. The second-order valence-electron chi connectivity index (χ2n) is 6.40. The van der Waals surface area contributed by atoms with Gasteiger partial charge >= 0.3 is 0 Å². The van der Waals surface area contributed by atoms with Gasteiger partial charge in [0.1, 0.15) is 17.1 Å². The van der Waals surface area contributed by atoms with Crippen molar-refractivity contribution in [2.75, 3.05) is 38.8 Å². The summed E-state index contributed by atoms with van der Waals surface area (Å²) in [6.45, 7) is 2.86. The number of hydrogen-bond donors (Lipinski definition) is 1. The fourth-order valence-corrected chi connectivity index (χ4v) is 3.33. The topological polar surface area (TPSA) is 50.8 Å². The van der Waals surface area contributed by atoms with Crippen LogP contribution in [0, 0.1) is 0 Å². The summed E-state index contributed by atoms with van der Waals surface area (Å²) < 4.78 is 10.6. The van der Waals surface area contributed by atoms with Crippen molar-refractivity contribution in [2.24, 2.45) is 0 Å². The van der Waals surface area contributed by atoms with E-state index < -0.39 is 0 Å². The van der Waals surface area contributed by atoms with Gasteiger partial charge in [0, 0.05) is 25.3 Å². The van der Waals surface area contributed by atoms with Crippen molar-refractivity contribution in [3.8, 4) is 11.5 Å². The van der Waals surface area contributed by atoms with Gasteiger partial charge in [-0.15, -0.1) is 0 Å². The molecule has 26 heavy (non-hydrogen) atoms. The summed E-state index contributed by atoms with van der Waals surface area (Å²) in [6, 6.07) is 13.9. The molecule has 1 heterocycles. The van der Waals surface area contributed by atoms with Gasteiger partial charge in [0.2, 0.25) is 0 Å². The molecule has 1 amide bonds. The monoisotopic (exact) mass is 354 g/mol. The van der Waals surface area contributed by atoms with Crippen LogP contribution in [0.4, 0.5) is 5.69 Å². The van der Waals surface area contributed by atoms with Crippen molar-refractivity contribution in [1.82, 2.24) is 5.32 Å². The molecule has 2 aromatic carbocycles. The Hall–Kier alpha value is -2.69. The molecule has 5 heteroatoms. The molecule has 0 bridgehead atoms. The maximum atomic E-state index is 12.5. The summed E-state index contributed by atoms with van der Waals surface area (Å²) >= 11 is 0. The van der Waals surface area contributed by atoms with Crippen LogP contribution in [0.3, 0.4) is 0 Å². The Morgan fingerprint density at radius 3 is 2.19 bits per heavy atom. The van der Waals surface area contributed by atoms with Crippen molar-refractivity contribution in [3.63, 3.8) is 0 Å². The number of amides is 1. The zero-order valence-electron chi connectivity index (χ0n) is 15.5. The Bertz CT molecular complexity index is 715. The molecular weight excluding hydrogens is 328 g/mol. The van der Waals surface area contributed by atoms with Crippen molar-refractivity contribution >= 4 is 11.6 Å². The first-order valence-electron chi connectivity index (χ1n) is 9.06. The van der Waals surface area contributed by atoms with Crippen LogP contribution in [0.5, 0.6) is 11.5 Å². The molecule has 0 spiro atoms. The highest BCUT2D eigenvalue weighted by atomic mass is 16.5. The van der Waals surface area contributed by atoms with E-state index in [-0.39, 0.29) is 5.91 Å². The maximum Gasteiger partial charge on any atom is 0.258 e. The van der Waals surface area contributed by atoms with Gasteiger partial charge in [0.25, 0.3) is 5.91 Å². The summed E-state index contributed by atoms with van der Waals surface area (Å²) in [5.74, 6) is 0.835. The number of hydrogen-bond acceptors (Lipinski definition) is 4. The van der Waals surface area contributed by atoms with Crippen molar-refractivity contribution in [1.29, 1.82) is 0 Å². The highest BCUT2D eigenvalue weighted by Gasteiger charge is 2.17. The molecule has 3 rings (SSSR count). The Kier molecular flexibility index (Phi) is 6.00. The molecule has 1 aliphatic rings. The standard InChI is InChI=1S/C21H26N2O3/c1-25-18-6-5-7-19(26-2)20(18)21(24)22-13-12-16-8-10-17(11-9-16)23-14-3-4-15-23/h5-11H,3-4,12-15H2,1-2H3,(H,22,24). The zero-order chi connectivity index (χ0) is 18.4. The lowest BCUT2D eigenvalue weighted by atomic mass is 10.1. The Labute approximate surface area is 154 Å². The molecule has 0 radical (unpaired) electrons. The lowest BCUT2D eigenvalue weighted by Crippen LogP contribution is -2.26. The third-order valence-corrected chi connectivity index (χ3v) is 4.76. The van der Waals surface area contributed by atoms with Gasteiger partial charge in [-0.2, -0.15) is 0 Å². The number of carbonyl (C=O) groups excluding carboxylic acids is 1. The SMILES string of the molecule is COc1cccc(OC)c1C(=O)NCCc1ccc(N2CCCC2)cc1. The highest BCUT2D eigenvalue weighted by Crippen LogP contribution is 2.28. The fourth-order valence-electron chi connectivity index (χ4n) is 3.33. The molecular formula is C21H26N2O3. The van der Waals surface area contributed by atoms with Crippen LogP contribution in [-0.2, 0) is 6.42 Å². The maximum absolute atomic E-state index is 12.5. The number of nitrogens with one attached hydrogen (secondary N) is 1. The van der Waals surface area contributed by atoms with Crippen LogP contribution in [0.1, 0.15) is 28.8 Å². The number of ether oxygens (including phenoxy) is 2. The summed E-state index contributed by atoms with van der Waals surface area (Å²) in [6.07, 6.45) is 3.34. The molecule has 0 unspecified atom stereocenters. The Balaban J connectivity index is 1.57. The smallest absolute Gasteiger partial charge is 0.258 e. The normalized spacial score (nSPS) is 13.5. The summed E-state index contributed by atoms with van der Waals surface area (Å²) in [5, 5.41) is 2.96. The van der Waals surface area contributed by atoms with Crippen LogP contribution in [0.2, 0.25) is 0 Å². The van der Waals surface area contributed by atoms with Crippen molar-refractivity contribution < 1.29 is 14.3 Å². The number of carbonyl (C=O) groups is 1. The summed E-state index contributed by atoms with van der Waals surface area (Å²) in [7, 11) is 3.10. The van der Waals surface area contributed by atoms with E-state index in [4.69, 9.17) is 9.47 Å². The number of benzene rings is 2. The molecule has 0 aliphatic carbocycles. The molecule has 1 saturated heterocycles. The number of methoxy groups -OCH3 is 2. The van der Waals surface area contributed by atoms with Crippen LogP contribution >= 0.6 is 0 Å². The second-order valence-corrected chi connectivity index (χ2v) is 6.40. The molecule has 0 saturated carbocycles. The van der Waals surface area contributed by atoms with Crippen molar-refractivity contribution in [3.05, 3.63) is 53.6 Å². The molecule has 5 nitrogen and oxygen atoms in total. The lowest BCUT2D eigenvalue weighted by Gasteiger charge is -2.17. The molecule has 1 fully saturated rings. The third kappa shape index (κ3) is 4.10. The van der Waals surface area contributed by atoms with E-state index in [0.29, 0.717) is 23.6 Å². The van der Waals surface area contributed by atoms with E-state index >= 15 is 0 Å². The van der Waals surface area contributed by atoms with E-state index in [1.165, 1.54) is 24.1 Å². The van der Waals surface area contributed by atoms with Crippen LogP contribution in [0.15, 0.2) is 42.5 Å². The minimum atomic E-state index is -0.187. The van der Waals surface area contributed by atoms with Gasteiger partial charge in [0.05, 0.1) is 14.2 Å². The van der Waals surface area contributed by atoms with E-state index in [2.05, 4.69) is 34.5 Å². The van der Waals surface area contributed by atoms with Crippen LogP contribution in [-0.4, -0.2) is 39.8 Å². The number of anilines is 1. The zero-order valence-corrected chi connectivity index (χ0v) is 15.5. The average Bonchev–Trinajstić information content (AvgIpc) is 3.22. The first-order valence-corrected chi connectivity index (χ1v) is 9.06. The van der Waals surface area contributed by atoms with Gasteiger partial charge in [-0.1, -0.05) is 18.2 Å². The average molecular weight is 354 g/mol. The van der Waals surface area contributed by atoms with Crippen LogP contribution in [0.25, 0.3) is 0 Å². The minimum Gasteiger partial charge on any atom is -0.496 e. The van der Waals surface area contributed by atoms with E-state index in [9.17, 15) is 4.79 Å². The third-order valence-electron chi connectivity index (χ3n) is 4.76. The summed E-state index contributed by atoms with van der Waals surface area (Å²) in [4.78, 5) is 15.0. The predicted molar refractivity (Wildman–Crippen MR) is 103 cm³/mol. The second kappa shape index (κ2) is 8.61. The van der Waals surface area contributed by atoms with E-state index in [0.717, 1.165) is 19.5 Å². The van der Waals surface area contributed by atoms with Crippen molar-refractivity contribution in [2.45, 2.75) is 19.3 Å². The first kappa shape index (κ1) is 18.1. The van der Waals surface area contributed by atoms with Crippen LogP contribution < -0.4 is 19.7 Å². The Morgan fingerprint density at radius 2 is 1.62 bits per heavy atom. The molecule has 0 aromatic heterocycles. The molecule has 1 aliphatic heterocycles. The minimum absolute atomic E-state index is 0.187. The van der Waals surface area contributed by atoms with Gasteiger partial charge in [-0.25, -0.2) is 0 Å². The highest BCUT2D eigenvalue weighted by molar-refractivity contribution is 5.99. The predicted octanol–water partition coefficient (Wildman–Crippen LogP) is 3.28. The molecule has 1 N–H and O–H groups in total. The number of rotatable bonds is 7. The van der Waals surface area contributed by atoms with Gasteiger partial charge < -0.3 is 19.7 Å². The van der Waals surface area contributed by atoms with Gasteiger partial charge in [-0.3, -0.25) is 4.79 Å². The number of nitrogens with zero attached hydrogens (tertiary/aromatic N) is 1. The van der Waals surface area contributed by atoms with Gasteiger partial charge in [0.15, 0.2) is 0 Å².